The first-order chi connectivity index (χ1) is 25.4. The number of carbonyl (C=O) groups excluding carboxylic acids is 2. The summed E-state index contributed by atoms with van der Waals surface area (Å²) < 4.78 is 42.4. The number of anilines is 2. The Hall–Kier alpha value is -5.55. The Bertz CT molecular complexity index is 2300. The van der Waals surface area contributed by atoms with E-state index in [1.807, 2.05) is 12.1 Å². The average Bonchev–Trinajstić information content (AvgIpc) is 3.56. The molecule has 54 heavy (non-hydrogen) atoms. The number of nitrogens with zero attached hydrogens (tertiary/aromatic N) is 8. The van der Waals surface area contributed by atoms with Crippen LogP contribution >= 0.6 is 11.6 Å². The maximum atomic E-state index is 14.3. The fraction of sp³-hybridized carbons (Fsp3) is 0.361. The number of piperazine rings is 1. The van der Waals surface area contributed by atoms with Crippen LogP contribution in [0, 0.1) is 6.92 Å². The van der Waals surface area contributed by atoms with Crippen molar-refractivity contribution >= 4 is 40.6 Å². The van der Waals surface area contributed by atoms with E-state index in [-0.39, 0.29) is 77.7 Å². The molecule has 1 aliphatic rings. The van der Waals surface area contributed by atoms with Gasteiger partial charge < -0.3 is 29.9 Å². The molecule has 3 N–H and O–H groups in total. The highest BCUT2D eigenvalue weighted by atomic mass is 35.5. The third-order valence-corrected chi connectivity index (χ3v) is 9.29. The van der Waals surface area contributed by atoms with Gasteiger partial charge in [0.25, 0.3) is 11.5 Å². The van der Waals surface area contributed by atoms with Crippen LogP contribution < -0.4 is 15.8 Å². The van der Waals surface area contributed by atoms with Crippen LogP contribution in [0.1, 0.15) is 53.8 Å². The third-order valence-electron chi connectivity index (χ3n) is 8.97. The maximum absolute atomic E-state index is 14.3. The molecule has 5 aromatic rings. The van der Waals surface area contributed by atoms with Gasteiger partial charge >= 0.3 is 6.18 Å². The monoisotopic (exact) mass is 767 g/mol. The molecule has 0 bridgehead atoms. The molecule has 1 fully saturated rings. The van der Waals surface area contributed by atoms with Crippen molar-refractivity contribution in [3.8, 4) is 17.1 Å². The van der Waals surface area contributed by atoms with Crippen LogP contribution in [0.25, 0.3) is 17.2 Å². The van der Waals surface area contributed by atoms with Crippen molar-refractivity contribution in [2.24, 2.45) is 0 Å². The Kier molecular flexibility index (Phi) is 10.4. The van der Waals surface area contributed by atoms with E-state index in [0.717, 1.165) is 28.3 Å². The van der Waals surface area contributed by atoms with Crippen LogP contribution in [0.4, 0.5) is 24.5 Å². The van der Waals surface area contributed by atoms with Gasteiger partial charge in [-0.2, -0.15) is 22.7 Å². The van der Waals surface area contributed by atoms with E-state index in [4.69, 9.17) is 11.6 Å². The molecule has 0 atom stereocenters. The van der Waals surface area contributed by atoms with Crippen LogP contribution in [0.2, 0.25) is 5.02 Å². The van der Waals surface area contributed by atoms with Gasteiger partial charge in [-0.1, -0.05) is 42.8 Å². The van der Waals surface area contributed by atoms with Crippen molar-refractivity contribution in [2.75, 3.05) is 36.4 Å². The predicted molar refractivity (Wildman–Crippen MR) is 194 cm³/mol. The average molecular weight is 768 g/mol. The summed E-state index contributed by atoms with van der Waals surface area (Å²) in [6, 6.07) is 9.76. The van der Waals surface area contributed by atoms with Gasteiger partial charge in [-0.3, -0.25) is 14.4 Å². The summed E-state index contributed by atoms with van der Waals surface area (Å²) >= 11 is 6.13. The lowest BCUT2D eigenvalue weighted by molar-refractivity contribution is -0.137. The van der Waals surface area contributed by atoms with Crippen LogP contribution in [0.3, 0.4) is 0 Å². The van der Waals surface area contributed by atoms with Crippen LogP contribution in [-0.2, 0) is 30.4 Å². The van der Waals surface area contributed by atoms with Gasteiger partial charge in [-0.25, -0.2) is 9.97 Å². The number of hydrogen-bond donors (Lipinski definition) is 3. The quantitative estimate of drug-likeness (QED) is 0.194. The van der Waals surface area contributed by atoms with Gasteiger partial charge in [0.2, 0.25) is 11.7 Å². The molecular weight excluding hydrogens is 731 g/mol. The molecule has 2 amide bonds. The normalized spacial score (nSPS) is 13.8. The molecule has 14 nitrogen and oxygen atoms in total. The zero-order valence-electron chi connectivity index (χ0n) is 29.8. The molecule has 1 aliphatic heterocycles. The topological polar surface area (TPSA) is 171 Å². The molecule has 0 spiro atoms. The number of alkyl halides is 3. The number of aryl methyl sites for hydroxylation is 1. The van der Waals surface area contributed by atoms with Gasteiger partial charge in [-0.15, -0.1) is 5.10 Å². The van der Waals surface area contributed by atoms with E-state index in [1.165, 1.54) is 15.8 Å². The summed E-state index contributed by atoms with van der Waals surface area (Å²) in [4.78, 5) is 57.0. The number of aromatic hydroxyl groups is 1. The van der Waals surface area contributed by atoms with Gasteiger partial charge in [-0.05, 0) is 51.0 Å². The van der Waals surface area contributed by atoms with Crippen molar-refractivity contribution in [1.82, 2.24) is 34.0 Å². The van der Waals surface area contributed by atoms with Crippen LogP contribution in [0.5, 0.6) is 5.75 Å². The standard InChI is InChI=1S/C36H37ClF3N9O5/c1-5-26-29(46-12-14-47(15-13-46)32(52)28-30(51)20(2)41-19-42-28)33(53)49-34(44-31(45-49)22-8-6-21(7-9-22)17-35(3,4)54)48(26)18-27(50)43-25-11-10-23(16-24(25)37)36(38,39)40/h6-11,16,19,51,54H,5,12-15,17-18H2,1-4H3,(H,43,50). The summed E-state index contributed by atoms with van der Waals surface area (Å²) in [5, 5.41) is 27.4. The highest BCUT2D eigenvalue weighted by Gasteiger charge is 2.32. The second-order valence-electron chi connectivity index (χ2n) is 13.5. The Balaban J connectivity index is 1.37. The number of aromatic nitrogens is 6. The minimum absolute atomic E-state index is 0.0380. The molecule has 0 radical (unpaired) electrons. The highest BCUT2D eigenvalue weighted by Crippen LogP contribution is 2.34. The second-order valence-corrected chi connectivity index (χ2v) is 14.0. The van der Waals surface area contributed by atoms with Crippen molar-refractivity contribution < 1.29 is 33.0 Å². The van der Waals surface area contributed by atoms with E-state index >= 15 is 0 Å². The summed E-state index contributed by atoms with van der Waals surface area (Å²) in [7, 11) is 0. The first-order valence-corrected chi connectivity index (χ1v) is 17.4. The second kappa shape index (κ2) is 14.7. The van der Waals surface area contributed by atoms with Crippen molar-refractivity contribution in [2.45, 2.75) is 58.9 Å². The predicted octanol–water partition coefficient (Wildman–Crippen LogP) is 4.51. The smallest absolute Gasteiger partial charge is 0.416 e. The molecule has 18 heteroatoms. The molecule has 3 aromatic heterocycles. The first kappa shape index (κ1) is 38.2. The van der Waals surface area contributed by atoms with Crippen molar-refractivity contribution in [1.29, 1.82) is 0 Å². The van der Waals surface area contributed by atoms with Gasteiger partial charge in [0.1, 0.15) is 18.6 Å². The minimum Gasteiger partial charge on any atom is -0.504 e. The van der Waals surface area contributed by atoms with E-state index in [2.05, 4.69) is 25.4 Å². The van der Waals surface area contributed by atoms with E-state index in [9.17, 15) is 37.8 Å². The first-order valence-electron chi connectivity index (χ1n) is 17.0. The summed E-state index contributed by atoms with van der Waals surface area (Å²) in [5.74, 6) is -1.21. The number of rotatable bonds is 9. The lowest BCUT2D eigenvalue weighted by Gasteiger charge is -2.36. The molecule has 2 aromatic carbocycles. The Labute approximate surface area is 311 Å². The number of carbonyl (C=O) groups is 2. The maximum Gasteiger partial charge on any atom is 0.416 e. The van der Waals surface area contributed by atoms with E-state index in [1.54, 1.807) is 44.7 Å². The molecule has 4 heterocycles. The molecular formula is C36H37ClF3N9O5. The number of benzene rings is 2. The molecule has 284 valence electrons. The van der Waals surface area contributed by atoms with Crippen molar-refractivity contribution in [3.05, 3.63) is 92.4 Å². The van der Waals surface area contributed by atoms with E-state index in [0.29, 0.717) is 17.7 Å². The molecule has 1 saturated heterocycles. The number of hydrogen-bond acceptors (Lipinski definition) is 10. The number of nitrogens with one attached hydrogen (secondary N) is 1. The van der Waals surface area contributed by atoms with Gasteiger partial charge in [0, 0.05) is 38.2 Å². The molecule has 0 saturated carbocycles. The molecule has 6 rings (SSSR count). The summed E-state index contributed by atoms with van der Waals surface area (Å²) in [5.41, 5.74) is -0.216. The number of fused-ring (bicyclic) bond motifs is 1. The lowest BCUT2D eigenvalue weighted by atomic mass is 9.98. The van der Waals surface area contributed by atoms with E-state index < -0.39 is 41.3 Å². The fourth-order valence-electron chi connectivity index (χ4n) is 6.36. The summed E-state index contributed by atoms with van der Waals surface area (Å²) in [6.45, 7) is 7.11. The third kappa shape index (κ3) is 7.87. The van der Waals surface area contributed by atoms with Crippen LogP contribution in [0.15, 0.2) is 53.6 Å². The van der Waals surface area contributed by atoms with Crippen molar-refractivity contribution in [3.63, 3.8) is 0 Å². The lowest BCUT2D eigenvalue weighted by Crippen LogP contribution is -2.51. The van der Waals surface area contributed by atoms with Crippen LogP contribution in [-0.4, -0.2) is 87.8 Å². The Morgan fingerprint density at radius 1 is 1.02 bits per heavy atom. The molecule has 0 unspecified atom stereocenters. The largest absolute Gasteiger partial charge is 0.504 e. The number of aliphatic hydroxyl groups is 1. The van der Waals surface area contributed by atoms with Gasteiger partial charge in [0.05, 0.1) is 33.3 Å². The Morgan fingerprint density at radius 3 is 2.31 bits per heavy atom. The fourth-order valence-corrected chi connectivity index (χ4v) is 6.58. The highest BCUT2D eigenvalue weighted by molar-refractivity contribution is 6.33. The summed E-state index contributed by atoms with van der Waals surface area (Å²) in [6.07, 6.45) is -2.77. The zero-order valence-corrected chi connectivity index (χ0v) is 30.5. The van der Waals surface area contributed by atoms with Gasteiger partial charge in [0.15, 0.2) is 17.3 Å². The zero-order chi connectivity index (χ0) is 39.1. The SMILES string of the molecule is CCc1c(N2CCN(C(=O)c3ncnc(C)c3O)CC2)c(=O)n2nc(-c3ccc(CC(C)(C)O)cc3)nc2n1CC(=O)Nc1ccc(C(F)(F)F)cc1Cl. The Morgan fingerprint density at radius 2 is 1.70 bits per heavy atom. The number of amides is 2. The minimum atomic E-state index is -4.63. The number of halogens is 4. The molecule has 0 aliphatic carbocycles.